The van der Waals surface area contributed by atoms with Gasteiger partial charge >= 0.3 is 5.97 Å². The van der Waals surface area contributed by atoms with Crippen molar-refractivity contribution in [3.8, 4) is 12.3 Å². The summed E-state index contributed by atoms with van der Waals surface area (Å²) in [7, 11) is 1.59. The molecule has 1 aliphatic heterocycles. The van der Waals surface area contributed by atoms with Crippen molar-refractivity contribution in [2.24, 2.45) is 5.92 Å². The number of likely N-dealkylation sites (N-methyl/N-ethyl adjacent to an activating group) is 1. The Morgan fingerprint density at radius 3 is 2.81 bits per heavy atom. The SMILES string of the molecule is C#CCCC(=O)N(C)C1COCC1C(=O)O. The number of hydrogen-bond acceptors (Lipinski definition) is 3. The maximum Gasteiger partial charge on any atom is 0.311 e. The molecule has 5 heteroatoms. The van der Waals surface area contributed by atoms with Crippen LogP contribution in [0.15, 0.2) is 0 Å². The Bertz CT molecular complexity index is 320. The quantitative estimate of drug-likeness (QED) is 0.682. The number of carboxylic acids is 1. The van der Waals surface area contributed by atoms with Crippen LogP contribution in [0.25, 0.3) is 0 Å². The van der Waals surface area contributed by atoms with Gasteiger partial charge in [-0.3, -0.25) is 9.59 Å². The first-order valence-electron chi connectivity index (χ1n) is 5.07. The molecule has 1 saturated heterocycles. The second-order valence-corrected chi connectivity index (χ2v) is 3.76. The number of hydrogen-bond donors (Lipinski definition) is 1. The van der Waals surface area contributed by atoms with Crippen LogP contribution in [0.4, 0.5) is 0 Å². The highest BCUT2D eigenvalue weighted by Crippen LogP contribution is 2.19. The highest BCUT2D eigenvalue weighted by molar-refractivity contribution is 5.78. The normalized spacial score (nSPS) is 23.8. The largest absolute Gasteiger partial charge is 0.481 e. The molecular formula is C11H15NO4. The van der Waals surface area contributed by atoms with Crippen molar-refractivity contribution in [2.75, 3.05) is 20.3 Å². The van der Waals surface area contributed by atoms with Gasteiger partial charge in [-0.1, -0.05) is 0 Å². The van der Waals surface area contributed by atoms with E-state index in [4.69, 9.17) is 16.3 Å². The van der Waals surface area contributed by atoms with E-state index in [0.29, 0.717) is 6.42 Å². The zero-order valence-corrected chi connectivity index (χ0v) is 9.18. The Morgan fingerprint density at radius 1 is 1.56 bits per heavy atom. The molecule has 16 heavy (non-hydrogen) atoms. The van der Waals surface area contributed by atoms with Gasteiger partial charge in [0, 0.05) is 19.9 Å². The number of carbonyl (C=O) groups excluding carboxylic acids is 1. The molecule has 0 aliphatic carbocycles. The molecule has 1 heterocycles. The minimum Gasteiger partial charge on any atom is -0.481 e. The second kappa shape index (κ2) is 5.52. The van der Waals surface area contributed by atoms with Crippen LogP contribution in [0.5, 0.6) is 0 Å². The zero-order chi connectivity index (χ0) is 12.1. The van der Waals surface area contributed by atoms with Crippen molar-refractivity contribution in [3.63, 3.8) is 0 Å². The first-order valence-corrected chi connectivity index (χ1v) is 5.07. The van der Waals surface area contributed by atoms with Crippen LogP contribution in [0, 0.1) is 18.3 Å². The van der Waals surface area contributed by atoms with Gasteiger partial charge in [0.2, 0.25) is 5.91 Å². The molecular weight excluding hydrogens is 210 g/mol. The third-order valence-electron chi connectivity index (χ3n) is 2.74. The van der Waals surface area contributed by atoms with E-state index in [-0.39, 0.29) is 31.6 Å². The van der Waals surface area contributed by atoms with E-state index in [1.54, 1.807) is 7.05 Å². The third kappa shape index (κ3) is 2.74. The molecule has 0 radical (unpaired) electrons. The molecule has 0 aromatic rings. The van der Waals surface area contributed by atoms with Gasteiger partial charge in [-0.25, -0.2) is 0 Å². The minimum absolute atomic E-state index is 0.139. The Hall–Kier alpha value is -1.54. The molecule has 0 bridgehead atoms. The van der Waals surface area contributed by atoms with E-state index in [2.05, 4.69) is 5.92 Å². The lowest BCUT2D eigenvalue weighted by molar-refractivity contribution is -0.144. The van der Waals surface area contributed by atoms with E-state index in [0.717, 1.165) is 0 Å². The molecule has 0 aromatic carbocycles. The summed E-state index contributed by atoms with van der Waals surface area (Å²) in [4.78, 5) is 24.0. The van der Waals surface area contributed by atoms with E-state index >= 15 is 0 Å². The molecule has 1 aliphatic rings. The number of aliphatic carboxylic acids is 1. The maximum absolute atomic E-state index is 11.6. The molecule has 1 N–H and O–H groups in total. The molecule has 2 atom stereocenters. The van der Waals surface area contributed by atoms with Gasteiger partial charge in [0.25, 0.3) is 0 Å². The fourth-order valence-electron chi connectivity index (χ4n) is 1.70. The van der Waals surface area contributed by atoms with Crippen LogP contribution in [0.3, 0.4) is 0 Å². The van der Waals surface area contributed by atoms with Crippen molar-refractivity contribution in [1.29, 1.82) is 0 Å². The summed E-state index contributed by atoms with van der Waals surface area (Å²) >= 11 is 0. The standard InChI is InChI=1S/C11H15NO4/c1-3-4-5-10(13)12(2)9-7-16-6-8(9)11(14)15/h1,8-9H,4-7H2,2H3,(H,14,15). The molecule has 1 amide bonds. The lowest BCUT2D eigenvalue weighted by Gasteiger charge is -2.26. The highest BCUT2D eigenvalue weighted by Gasteiger charge is 2.38. The van der Waals surface area contributed by atoms with Crippen LogP contribution in [-0.4, -0.2) is 48.2 Å². The van der Waals surface area contributed by atoms with Gasteiger partial charge in [0.15, 0.2) is 0 Å². The molecule has 1 fully saturated rings. The number of amides is 1. The summed E-state index contributed by atoms with van der Waals surface area (Å²) in [6.45, 7) is 0.433. The molecule has 0 aromatic heterocycles. The van der Waals surface area contributed by atoms with E-state index < -0.39 is 11.9 Å². The predicted molar refractivity (Wildman–Crippen MR) is 56.6 cm³/mol. The first kappa shape index (κ1) is 12.5. The van der Waals surface area contributed by atoms with Gasteiger partial charge in [0.1, 0.15) is 5.92 Å². The Labute approximate surface area is 94.4 Å². The summed E-state index contributed by atoms with van der Waals surface area (Å²) in [5, 5.41) is 8.94. The number of carbonyl (C=O) groups is 2. The van der Waals surface area contributed by atoms with Crippen LogP contribution in [-0.2, 0) is 14.3 Å². The second-order valence-electron chi connectivity index (χ2n) is 3.76. The van der Waals surface area contributed by atoms with Crippen molar-refractivity contribution in [2.45, 2.75) is 18.9 Å². The van der Waals surface area contributed by atoms with Gasteiger partial charge in [-0.05, 0) is 0 Å². The first-order chi connectivity index (χ1) is 7.57. The van der Waals surface area contributed by atoms with E-state index in [1.807, 2.05) is 0 Å². The fourth-order valence-corrected chi connectivity index (χ4v) is 1.70. The summed E-state index contributed by atoms with van der Waals surface area (Å²) in [5.41, 5.74) is 0. The summed E-state index contributed by atoms with van der Waals surface area (Å²) in [6, 6.07) is -0.386. The highest BCUT2D eigenvalue weighted by atomic mass is 16.5. The van der Waals surface area contributed by atoms with E-state index in [9.17, 15) is 9.59 Å². The average Bonchev–Trinajstić information content (AvgIpc) is 2.73. The third-order valence-corrected chi connectivity index (χ3v) is 2.74. The molecule has 5 nitrogen and oxygen atoms in total. The minimum atomic E-state index is -0.931. The number of ether oxygens (including phenoxy) is 1. The molecule has 0 saturated carbocycles. The maximum atomic E-state index is 11.6. The Kier molecular flexibility index (Phi) is 4.32. The van der Waals surface area contributed by atoms with Crippen molar-refractivity contribution in [1.82, 2.24) is 4.90 Å². The van der Waals surface area contributed by atoms with Crippen LogP contribution < -0.4 is 0 Å². The van der Waals surface area contributed by atoms with Gasteiger partial charge < -0.3 is 14.7 Å². The lowest BCUT2D eigenvalue weighted by atomic mass is 10.0. The monoisotopic (exact) mass is 225 g/mol. The predicted octanol–water partition coefficient (Wildman–Crippen LogP) is -0.0422. The average molecular weight is 225 g/mol. The fraction of sp³-hybridized carbons (Fsp3) is 0.636. The Morgan fingerprint density at radius 2 is 2.25 bits per heavy atom. The number of rotatable bonds is 4. The molecule has 2 unspecified atom stereocenters. The summed E-state index contributed by atoms with van der Waals surface area (Å²) < 4.78 is 5.09. The van der Waals surface area contributed by atoms with Gasteiger partial charge in [-0.15, -0.1) is 12.3 Å². The molecule has 88 valence electrons. The van der Waals surface area contributed by atoms with Crippen molar-refractivity contribution in [3.05, 3.63) is 0 Å². The molecule has 1 rings (SSSR count). The Balaban J connectivity index is 2.59. The number of nitrogens with zero attached hydrogens (tertiary/aromatic N) is 1. The zero-order valence-electron chi connectivity index (χ0n) is 9.18. The number of terminal acetylenes is 1. The topological polar surface area (TPSA) is 66.8 Å². The van der Waals surface area contributed by atoms with Gasteiger partial charge in [0.05, 0.1) is 19.3 Å². The smallest absolute Gasteiger partial charge is 0.311 e. The van der Waals surface area contributed by atoms with Crippen molar-refractivity contribution < 1.29 is 19.4 Å². The van der Waals surface area contributed by atoms with E-state index in [1.165, 1.54) is 4.90 Å². The van der Waals surface area contributed by atoms with Gasteiger partial charge in [-0.2, -0.15) is 0 Å². The molecule has 0 spiro atoms. The number of carboxylic acid groups (broad SMARTS) is 1. The van der Waals surface area contributed by atoms with Crippen LogP contribution >= 0.6 is 0 Å². The van der Waals surface area contributed by atoms with Crippen molar-refractivity contribution >= 4 is 11.9 Å². The van der Waals surface area contributed by atoms with Crippen LogP contribution in [0.1, 0.15) is 12.8 Å². The van der Waals surface area contributed by atoms with Crippen LogP contribution in [0.2, 0.25) is 0 Å². The lowest BCUT2D eigenvalue weighted by Crippen LogP contribution is -2.44. The summed E-state index contributed by atoms with van der Waals surface area (Å²) in [5.74, 6) is 0.673. The summed E-state index contributed by atoms with van der Waals surface area (Å²) in [6.07, 6.45) is 5.68.